The second-order valence-electron chi connectivity index (χ2n) is 12.8. The molecule has 0 saturated carbocycles. The molecule has 0 radical (unpaired) electrons. The van der Waals surface area contributed by atoms with Gasteiger partial charge >= 0.3 is 0 Å². The summed E-state index contributed by atoms with van der Waals surface area (Å²) in [6.45, 7) is 4.70. The summed E-state index contributed by atoms with van der Waals surface area (Å²) in [5.41, 5.74) is 0. The Morgan fingerprint density at radius 1 is 0.476 bits per heavy atom. The lowest BCUT2D eigenvalue weighted by Crippen LogP contribution is -2.42. The second kappa shape index (κ2) is 33.0. The third-order valence-corrected chi connectivity index (χ3v) is 8.86. The van der Waals surface area contributed by atoms with Crippen molar-refractivity contribution in [1.82, 2.24) is 4.90 Å². The van der Waals surface area contributed by atoms with E-state index >= 15 is 0 Å². The second-order valence-corrected chi connectivity index (χ2v) is 12.8. The van der Waals surface area contributed by atoms with Crippen molar-refractivity contribution in [2.24, 2.45) is 5.92 Å². The molecule has 5 nitrogen and oxygen atoms in total. The van der Waals surface area contributed by atoms with Crippen LogP contribution in [0, 0.1) is 5.92 Å². The van der Waals surface area contributed by atoms with Crippen molar-refractivity contribution >= 4 is 11.8 Å². The Hall–Kier alpha value is -0.940. The van der Waals surface area contributed by atoms with Crippen molar-refractivity contribution in [3.63, 3.8) is 0 Å². The van der Waals surface area contributed by atoms with Gasteiger partial charge in [0, 0.05) is 19.1 Å². The summed E-state index contributed by atoms with van der Waals surface area (Å²) in [4.78, 5) is 27.5. The van der Waals surface area contributed by atoms with E-state index in [4.69, 9.17) is 0 Å². The molecule has 0 aromatic rings. The lowest BCUT2D eigenvalue weighted by Gasteiger charge is -2.26. The van der Waals surface area contributed by atoms with Crippen molar-refractivity contribution in [1.29, 1.82) is 0 Å². The highest BCUT2D eigenvalue weighted by Crippen LogP contribution is 2.20. The zero-order valence-corrected chi connectivity index (χ0v) is 28.4. The van der Waals surface area contributed by atoms with E-state index in [0.717, 1.165) is 38.5 Å². The minimum absolute atomic E-state index is 0.00517. The maximum absolute atomic E-state index is 13.4. The maximum atomic E-state index is 13.4. The van der Waals surface area contributed by atoms with E-state index in [9.17, 15) is 19.8 Å². The van der Waals surface area contributed by atoms with Crippen molar-refractivity contribution in [2.45, 2.75) is 200 Å². The Morgan fingerprint density at radius 2 is 0.833 bits per heavy atom. The zero-order valence-electron chi connectivity index (χ0n) is 28.4. The van der Waals surface area contributed by atoms with Crippen LogP contribution in [0.4, 0.5) is 0 Å². The van der Waals surface area contributed by atoms with Gasteiger partial charge in [0.2, 0.25) is 11.8 Å². The van der Waals surface area contributed by atoms with Gasteiger partial charge in [-0.1, -0.05) is 174 Å². The number of imide groups is 1. The Bertz CT molecular complexity index is 582. The molecule has 1 unspecified atom stereocenters. The Balaban J connectivity index is 4.18. The number of rotatable bonds is 33. The molecule has 0 rings (SSSR count). The standard InChI is InChI=1S/C37H73NO4/c1-3-5-7-9-11-13-15-17-18-20-22-24-26-28-32-38(36(41)31-34-40)37(42)35(30-33-39)29-27-25-23-21-19-16-14-12-10-8-6-4-2/h35,39-40H,3-34H2,1-2H3. The van der Waals surface area contributed by atoms with Crippen molar-refractivity contribution < 1.29 is 19.8 Å². The van der Waals surface area contributed by atoms with E-state index in [-0.39, 0.29) is 37.4 Å². The fourth-order valence-electron chi connectivity index (χ4n) is 6.05. The van der Waals surface area contributed by atoms with Crippen molar-refractivity contribution in [3.8, 4) is 0 Å². The number of unbranched alkanes of at least 4 members (excludes halogenated alkanes) is 24. The molecule has 0 aromatic carbocycles. The van der Waals surface area contributed by atoms with E-state index in [1.807, 2.05) is 0 Å². The predicted octanol–water partition coefficient (Wildman–Crippen LogP) is 10.3. The van der Waals surface area contributed by atoms with Crippen LogP contribution in [0.2, 0.25) is 0 Å². The Kier molecular flexibility index (Phi) is 32.2. The summed E-state index contributed by atoms with van der Waals surface area (Å²) in [5.74, 6) is -0.706. The molecule has 1 atom stereocenters. The molecule has 250 valence electrons. The van der Waals surface area contributed by atoms with Crippen molar-refractivity contribution in [2.75, 3.05) is 19.8 Å². The Morgan fingerprint density at radius 3 is 1.19 bits per heavy atom. The van der Waals surface area contributed by atoms with Gasteiger partial charge in [-0.05, 0) is 19.3 Å². The van der Waals surface area contributed by atoms with Gasteiger partial charge in [-0.2, -0.15) is 0 Å². The number of hydrogen-bond donors (Lipinski definition) is 2. The van der Waals surface area contributed by atoms with Crippen molar-refractivity contribution in [3.05, 3.63) is 0 Å². The summed E-state index contributed by atoms with van der Waals surface area (Å²) in [5, 5.41) is 18.9. The summed E-state index contributed by atoms with van der Waals surface area (Å²) < 4.78 is 0. The van der Waals surface area contributed by atoms with Crippen LogP contribution in [0.3, 0.4) is 0 Å². The van der Waals surface area contributed by atoms with E-state index in [1.165, 1.54) is 140 Å². The van der Waals surface area contributed by atoms with Gasteiger partial charge in [-0.3, -0.25) is 14.5 Å². The minimum Gasteiger partial charge on any atom is -0.396 e. The van der Waals surface area contributed by atoms with Gasteiger partial charge < -0.3 is 10.2 Å². The summed E-state index contributed by atoms with van der Waals surface area (Å²) >= 11 is 0. The van der Waals surface area contributed by atoms with Crippen LogP contribution in [0.1, 0.15) is 200 Å². The number of amides is 2. The molecule has 5 heteroatoms. The van der Waals surface area contributed by atoms with Crippen LogP contribution in [-0.4, -0.2) is 46.7 Å². The summed E-state index contributed by atoms with van der Waals surface area (Å²) in [6, 6.07) is 0. The quantitative estimate of drug-likeness (QED) is 0.0740. The van der Waals surface area contributed by atoms with Gasteiger partial charge in [0.15, 0.2) is 0 Å². The molecule has 0 fully saturated rings. The highest BCUT2D eigenvalue weighted by molar-refractivity contribution is 5.96. The number of aliphatic hydroxyl groups is 2. The topological polar surface area (TPSA) is 77.8 Å². The Labute approximate surface area is 262 Å². The summed E-state index contributed by atoms with van der Waals surface area (Å²) in [6.07, 6.45) is 34.2. The molecule has 42 heavy (non-hydrogen) atoms. The van der Waals surface area contributed by atoms with E-state index in [0.29, 0.717) is 13.0 Å². The van der Waals surface area contributed by atoms with Gasteiger partial charge in [-0.15, -0.1) is 0 Å². The lowest BCUT2D eigenvalue weighted by atomic mass is 9.95. The van der Waals surface area contributed by atoms with E-state index < -0.39 is 0 Å². The fourth-order valence-corrected chi connectivity index (χ4v) is 6.05. The van der Waals surface area contributed by atoms with E-state index in [2.05, 4.69) is 13.8 Å². The van der Waals surface area contributed by atoms with Crippen LogP contribution in [0.15, 0.2) is 0 Å². The third kappa shape index (κ3) is 25.5. The largest absolute Gasteiger partial charge is 0.396 e. The van der Waals surface area contributed by atoms with Crippen LogP contribution in [0.5, 0.6) is 0 Å². The fraction of sp³-hybridized carbons (Fsp3) is 0.946. The van der Waals surface area contributed by atoms with Crippen LogP contribution >= 0.6 is 0 Å². The molecule has 0 aliphatic rings. The first-order valence-electron chi connectivity index (χ1n) is 18.7. The third-order valence-electron chi connectivity index (χ3n) is 8.86. The summed E-state index contributed by atoms with van der Waals surface area (Å²) in [7, 11) is 0. The average Bonchev–Trinajstić information content (AvgIpc) is 2.99. The highest BCUT2D eigenvalue weighted by Gasteiger charge is 2.27. The van der Waals surface area contributed by atoms with Gasteiger partial charge in [-0.25, -0.2) is 0 Å². The number of nitrogens with zero attached hydrogens (tertiary/aromatic N) is 1. The normalized spacial score (nSPS) is 12.1. The monoisotopic (exact) mass is 596 g/mol. The van der Waals surface area contributed by atoms with Crippen LogP contribution in [0.25, 0.3) is 0 Å². The molecule has 2 N–H and O–H groups in total. The average molecular weight is 596 g/mol. The van der Waals surface area contributed by atoms with E-state index in [1.54, 1.807) is 0 Å². The molecule has 0 spiro atoms. The minimum atomic E-state index is -0.299. The number of carbonyl (C=O) groups excluding carboxylic acids is 2. The number of aliphatic hydroxyl groups excluding tert-OH is 2. The molecule has 0 aromatic heterocycles. The molecule has 0 aliphatic carbocycles. The molecule has 0 aliphatic heterocycles. The van der Waals surface area contributed by atoms with Gasteiger partial charge in [0.25, 0.3) is 0 Å². The predicted molar refractivity (Wildman–Crippen MR) is 180 cm³/mol. The molecule has 0 bridgehead atoms. The molecule has 0 saturated heterocycles. The zero-order chi connectivity index (χ0) is 30.9. The first-order chi connectivity index (χ1) is 20.6. The molecule has 0 heterocycles. The first kappa shape index (κ1) is 41.1. The first-order valence-corrected chi connectivity index (χ1v) is 18.7. The van der Waals surface area contributed by atoms with Crippen LogP contribution in [-0.2, 0) is 9.59 Å². The van der Waals surface area contributed by atoms with Gasteiger partial charge in [0.05, 0.1) is 13.0 Å². The number of hydrogen-bond acceptors (Lipinski definition) is 4. The number of carbonyl (C=O) groups is 2. The van der Waals surface area contributed by atoms with Crippen LogP contribution < -0.4 is 0 Å². The highest BCUT2D eigenvalue weighted by atomic mass is 16.3. The molecular formula is C37H73NO4. The lowest BCUT2D eigenvalue weighted by molar-refractivity contribution is -0.148. The molecular weight excluding hydrogens is 522 g/mol. The van der Waals surface area contributed by atoms with Gasteiger partial charge in [0.1, 0.15) is 0 Å². The smallest absolute Gasteiger partial charge is 0.232 e. The molecule has 2 amide bonds. The SMILES string of the molecule is CCCCCCCCCCCCCCCCN(C(=O)CCO)C(=O)C(CCO)CCCCCCCCCCCCCC. The maximum Gasteiger partial charge on any atom is 0.232 e.